The molecule has 0 aliphatic heterocycles. The first-order valence-electron chi connectivity index (χ1n) is 26.4. The standard InChI is InChI=1S/C57H98O6/c1-4-7-10-13-16-19-22-25-28-31-34-37-40-43-46-49-55(58)61-52-54(63-57(60)51-48-45-42-39-36-33-30-27-24-21-18-15-12-9-6-3)53-62-56(59)50-47-44-41-38-35-32-29-26-23-20-17-14-11-8-5-2/h9,12,16,18-19,21,25-30,54H,4-8,10-11,13-15,17,20,22-24,31-53H2,1-3H3/b12-9-,19-16-,21-18-,28-25-,29-26-,30-27-/t54-/m1/s1. The molecule has 0 heterocycles. The average Bonchev–Trinajstić information content (AvgIpc) is 3.28. The van der Waals surface area contributed by atoms with E-state index in [1.54, 1.807) is 0 Å². The van der Waals surface area contributed by atoms with Crippen LogP contribution in [0.5, 0.6) is 0 Å². The highest BCUT2D eigenvalue weighted by Gasteiger charge is 2.19. The van der Waals surface area contributed by atoms with Gasteiger partial charge in [-0.1, -0.05) is 196 Å². The monoisotopic (exact) mass is 879 g/mol. The molecule has 0 aromatic carbocycles. The highest BCUT2D eigenvalue weighted by molar-refractivity contribution is 5.71. The number of rotatable bonds is 47. The predicted octanol–water partition coefficient (Wildman–Crippen LogP) is 17.4. The first-order valence-corrected chi connectivity index (χ1v) is 26.4. The molecule has 0 bridgehead atoms. The third-order valence-corrected chi connectivity index (χ3v) is 11.2. The summed E-state index contributed by atoms with van der Waals surface area (Å²) in [6.07, 6.45) is 64.5. The summed E-state index contributed by atoms with van der Waals surface area (Å²) in [7, 11) is 0. The number of ether oxygens (including phenoxy) is 3. The predicted molar refractivity (Wildman–Crippen MR) is 270 cm³/mol. The summed E-state index contributed by atoms with van der Waals surface area (Å²) in [6.45, 7) is 6.46. The smallest absolute Gasteiger partial charge is 0.306 e. The summed E-state index contributed by atoms with van der Waals surface area (Å²) in [6, 6.07) is 0. The van der Waals surface area contributed by atoms with Gasteiger partial charge in [0.15, 0.2) is 6.10 Å². The maximum Gasteiger partial charge on any atom is 0.306 e. The average molecular weight is 879 g/mol. The summed E-state index contributed by atoms with van der Waals surface area (Å²) in [5.74, 6) is -0.928. The second-order valence-electron chi connectivity index (χ2n) is 17.4. The van der Waals surface area contributed by atoms with Crippen LogP contribution in [0, 0.1) is 0 Å². The largest absolute Gasteiger partial charge is 0.462 e. The minimum absolute atomic E-state index is 0.0914. The molecule has 0 aromatic heterocycles. The number of unbranched alkanes of at least 4 members (excludes halogenated alkanes) is 24. The number of hydrogen-bond acceptors (Lipinski definition) is 6. The van der Waals surface area contributed by atoms with Crippen LogP contribution in [0.2, 0.25) is 0 Å². The molecule has 0 saturated carbocycles. The molecule has 0 fully saturated rings. The Morgan fingerprint density at radius 2 is 0.619 bits per heavy atom. The van der Waals surface area contributed by atoms with Crippen LogP contribution in [0.15, 0.2) is 72.9 Å². The zero-order valence-electron chi connectivity index (χ0n) is 41.3. The van der Waals surface area contributed by atoms with Gasteiger partial charge in [-0.15, -0.1) is 0 Å². The SMILES string of the molecule is CC/C=C\C/C=C\C/C=C\CCCCCCCC(=O)O[C@H](COC(=O)CCCCCCC/C=C\C/C=C\CCCCC)COC(=O)CCCCCCC/C=C\CCCCCCCC. The van der Waals surface area contributed by atoms with E-state index in [-0.39, 0.29) is 31.1 Å². The molecule has 0 N–H and O–H groups in total. The summed E-state index contributed by atoms with van der Waals surface area (Å²) < 4.78 is 16.8. The second-order valence-corrected chi connectivity index (χ2v) is 17.4. The lowest BCUT2D eigenvalue weighted by atomic mass is 10.1. The van der Waals surface area contributed by atoms with E-state index < -0.39 is 6.10 Å². The van der Waals surface area contributed by atoms with Crippen LogP contribution in [0.3, 0.4) is 0 Å². The van der Waals surface area contributed by atoms with Crippen molar-refractivity contribution in [1.82, 2.24) is 0 Å². The molecule has 0 aromatic rings. The summed E-state index contributed by atoms with van der Waals surface area (Å²) in [4.78, 5) is 38.0. The van der Waals surface area contributed by atoms with Crippen molar-refractivity contribution in [3.8, 4) is 0 Å². The highest BCUT2D eigenvalue weighted by atomic mass is 16.6. The number of allylic oxidation sites excluding steroid dienone is 12. The Hall–Kier alpha value is -3.15. The van der Waals surface area contributed by atoms with Crippen molar-refractivity contribution in [3.05, 3.63) is 72.9 Å². The summed E-state index contributed by atoms with van der Waals surface area (Å²) in [5.41, 5.74) is 0. The van der Waals surface area contributed by atoms with E-state index in [1.807, 2.05) is 0 Å². The van der Waals surface area contributed by atoms with Crippen LogP contribution in [-0.4, -0.2) is 37.2 Å². The molecule has 0 aliphatic rings. The van der Waals surface area contributed by atoms with Crippen LogP contribution >= 0.6 is 0 Å². The van der Waals surface area contributed by atoms with E-state index in [1.165, 1.54) is 83.5 Å². The highest BCUT2D eigenvalue weighted by Crippen LogP contribution is 2.14. The van der Waals surface area contributed by atoms with Crippen molar-refractivity contribution in [3.63, 3.8) is 0 Å². The third kappa shape index (κ3) is 49.7. The van der Waals surface area contributed by atoms with E-state index in [9.17, 15) is 14.4 Å². The Labute approximate surface area is 389 Å². The van der Waals surface area contributed by atoms with Crippen LogP contribution in [-0.2, 0) is 28.6 Å². The quantitative estimate of drug-likeness (QED) is 0.0262. The molecule has 0 spiro atoms. The Bertz CT molecular complexity index is 1190. The van der Waals surface area contributed by atoms with Crippen molar-refractivity contribution in [2.45, 2.75) is 258 Å². The van der Waals surface area contributed by atoms with Gasteiger partial charge in [0.05, 0.1) is 0 Å². The maximum atomic E-state index is 12.8. The lowest BCUT2D eigenvalue weighted by Gasteiger charge is -2.18. The Morgan fingerprint density at radius 1 is 0.333 bits per heavy atom. The molecule has 1 atom stereocenters. The van der Waals surface area contributed by atoms with Crippen molar-refractivity contribution in [1.29, 1.82) is 0 Å². The fourth-order valence-corrected chi connectivity index (χ4v) is 7.19. The Balaban J connectivity index is 4.45. The molecule has 0 aliphatic carbocycles. The van der Waals surface area contributed by atoms with Crippen molar-refractivity contribution >= 4 is 17.9 Å². The number of carbonyl (C=O) groups excluding carboxylic acids is 3. The van der Waals surface area contributed by atoms with Crippen LogP contribution in [0.1, 0.15) is 252 Å². The zero-order chi connectivity index (χ0) is 45.8. The molecule has 0 rings (SSSR count). The normalized spacial score (nSPS) is 12.6. The first-order chi connectivity index (χ1) is 31.0. The zero-order valence-corrected chi connectivity index (χ0v) is 41.3. The van der Waals surface area contributed by atoms with Crippen molar-refractivity contribution in [2.75, 3.05) is 13.2 Å². The van der Waals surface area contributed by atoms with Gasteiger partial charge < -0.3 is 14.2 Å². The van der Waals surface area contributed by atoms with Gasteiger partial charge in [-0.2, -0.15) is 0 Å². The molecule has 6 nitrogen and oxygen atoms in total. The molecular weight excluding hydrogens is 781 g/mol. The van der Waals surface area contributed by atoms with Crippen LogP contribution in [0.4, 0.5) is 0 Å². The fourth-order valence-electron chi connectivity index (χ4n) is 7.19. The minimum Gasteiger partial charge on any atom is -0.462 e. The molecule has 362 valence electrons. The van der Waals surface area contributed by atoms with E-state index in [0.717, 1.165) is 128 Å². The minimum atomic E-state index is -0.793. The van der Waals surface area contributed by atoms with Gasteiger partial charge in [0.2, 0.25) is 0 Å². The van der Waals surface area contributed by atoms with Gasteiger partial charge in [-0.3, -0.25) is 14.4 Å². The summed E-state index contributed by atoms with van der Waals surface area (Å²) >= 11 is 0. The molecule has 0 unspecified atom stereocenters. The lowest BCUT2D eigenvalue weighted by molar-refractivity contribution is -0.167. The number of esters is 3. The van der Waals surface area contributed by atoms with Crippen molar-refractivity contribution in [2.24, 2.45) is 0 Å². The molecule has 63 heavy (non-hydrogen) atoms. The van der Waals surface area contributed by atoms with E-state index in [0.29, 0.717) is 19.3 Å². The van der Waals surface area contributed by atoms with Gasteiger partial charge in [-0.25, -0.2) is 0 Å². The lowest BCUT2D eigenvalue weighted by Crippen LogP contribution is -2.30. The van der Waals surface area contributed by atoms with Gasteiger partial charge in [0, 0.05) is 19.3 Å². The topological polar surface area (TPSA) is 78.9 Å². The van der Waals surface area contributed by atoms with Crippen molar-refractivity contribution < 1.29 is 28.6 Å². The maximum absolute atomic E-state index is 12.8. The number of hydrogen-bond donors (Lipinski definition) is 0. The summed E-state index contributed by atoms with van der Waals surface area (Å²) in [5, 5.41) is 0. The van der Waals surface area contributed by atoms with Crippen LogP contribution in [0.25, 0.3) is 0 Å². The first kappa shape index (κ1) is 59.9. The van der Waals surface area contributed by atoms with Gasteiger partial charge in [0.1, 0.15) is 13.2 Å². The molecular formula is C57H98O6. The molecule has 0 amide bonds. The van der Waals surface area contributed by atoms with Gasteiger partial charge in [-0.05, 0) is 109 Å². The Kier molecular flexibility index (Phi) is 48.9. The van der Waals surface area contributed by atoms with E-state index in [4.69, 9.17) is 14.2 Å². The molecule has 0 saturated heterocycles. The van der Waals surface area contributed by atoms with E-state index >= 15 is 0 Å². The van der Waals surface area contributed by atoms with Crippen LogP contribution < -0.4 is 0 Å². The number of carbonyl (C=O) groups is 3. The fraction of sp³-hybridized carbons (Fsp3) is 0.737. The van der Waals surface area contributed by atoms with E-state index in [2.05, 4.69) is 93.7 Å². The van der Waals surface area contributed by atoms with Gasteiger partial charge >= 0.3 is 17.9 Å². The second kappa shape index (κ2) is 51.5. The molecule has 0 radical (unpaired) electrons. The molecule has 6 heteroatoms. The van der Waals surface area contributed by atoms with Gasteiger partial charge in [0.25, 0.3) is 0 Å². The Morgan fingerprint density at radius 3 is 1.02 bits per heavy atom. The third-order valence-electron chi connectivity index (χ3n) is 11.2.